The first-order chi connectivity index (χ1) is 11.5. The number of thioether (sulfide) groups is 1. The van der Waals surface area contributed by atoms with Crippen LogP contribution in [-0.4, -0.2) is 36.3 Å². The number of amides is 1. The van der Waals surface area contributed by atoms with Gasteiger partial charge in [0.25, 0.3) is 0 Å². The molecule has 0 bridgehead atoms. The van der Waals surface area contributed by atoms with Crippen molar-refractivity contribution in [1.82, 2.24) is 25.2 Å². The first kappa shape index (κ1) is 16.6. The Hall–Kier alpha value is -2.26. The molecule has 1 unspecified atom stereocenters. The highest BCUT2D eigenvalue weighted by Gasteiger charge is 2.20. The molecule has 0 fully saturated rings. The maximum absolute atomic E-state index is 12.2. The average Bonchev–Trinajstić information content (AvgIpc) is 3.22. The van der Waals surface area contributed by atoms with Crippen LogP contribution < -0.4 is 5.32 Å². The third-order valence-corrected chi connectivity index (χ3v) is 5.21. The number of carbonyl (C=O) groups is 1. The number of benzene rings is 1. The highest BCUT2D eigenvalue weighted by atomic mass is 32.2. The van der Waals surface area contributed by atoms with E-state index in [1.807, 2.05) is 37.4 Å². The Balaban J connectivity index is 1.75. The summed E-state index contributed by atoms with van der Waals surface area (Å²) in [5, 5.41) is 17.2. The predicted octanol–water partition coefficient (Wildman–Crippen LogP) is 2.85. The fourth-order valence-corrected chi connectivity index (χ4v) is 3.32. The molecule has 1 amide bonds. The number of rotatable bonds is 5. The van der Waals surface area contributed by atoms with Crippen LogP contribution in [-0.2, 0) is 4.79 Å². The molecule has 0 radical (unpaired) electrons. The molecule has 3 aromatic rings. The van der Waals surface area contributed by atoms with E-state index < -0.39 is 0 Å². The van der Waals surface area contributed by atoms with Crippen molar-refractivity contribution in [2.45, 2.75) is 31.2 Å². The lowest BCUT2D eigenvalue weighted by Gasteiger charge is -2.11. The summed E-state index contributed by atoms with van der Waals surface area (Å²) in [5.41, 5.74) is 3.24. The third-order valence-electron chi connectivity index (χ3n) is 3.49. The minimum Gasteiger partial charge on any atom is -0.301 e. The fraction of sp³-hybridized carbons (Fsp3) is 0.267. The lowest BCUT2D eigenvalue weighted by Crippen LogP contribution is -2.22. The Kier molecular flexibility index (Phi) is 4.91. The molecule has 0 aliphatic heterocycles. The van der Waals surface area contributed by atoms with Gasteiger partial charge in [-0.25, -0.2) is 4.98 Å². The van der Waals surface area contributed by atoms with Gasteiger partial charge < -0.3 is 5.32 Å². The molecule has 2 aromatic heterocycles. The lowest BCUT2D eigenvalue weighted by molar-refractivity contribution is -0.115. The van der Waals surface area contributed by atoms with Gasteiger partial charge in [0.05, 0.1) is 10.9 Å². The Morgan fingerprint density at radius 1 is 1.33 bits per heavy atom. The van der Waals surface area contributed by atoms with Gasteiger partial charge in [0.1, 0.15) is 0 Å². The van der Waals surface area contributed by atoms with Gasteiger partial charge in [0.2, 0.25) is 11.1 Å². The number of aromatic nitrogens is 5. The van der Waals surface area contributed by atoms with Crippen molar-refractivity contribution in [3.8, 4) is 5.69 Å². The number of tetrazole rings is 1. The first-order valence-corrected chi connectivity index (χ1v) is 9.03. The monoisotopic (exact) mass is 360 g/mol. The summed E-state index contributed by atoms with van der Waals surface area (Å²) in [6.07, 6.45) is 1.65. The number of carbonyl (C=O) groups excluding carboxylic acids is 1. The predicted molar refractivity (Wildman–Crippen MR) is 94.7 cm³/mol. The molecule has 0 aliphatic rings. The molecule has 0 spiro atoms. The SMILES string of the molecule is Cc1ccc(-n2nnnc2SC(C)C(=O)Nc2nccs2)cc1C. The average molecular weight is 360 g/mol. The van der Waals surface area contributed by atoms with E-state index in [-0.39, 0.29) is 11.2 Å². The molecule has 0 saturated carbocycles. The zero-order valence-corrected chi connectivity index (χ0v) is 15.1. The largest absolute Gasteiger partial charge is 0.301 e. The summed E-state index contributed by atoms with van der Waals surface area (Å²) in [6.45, 7) is 5.91. The van der Waals surface area contributed by atoms with Crippen molar-refractivity contribution < 1.29 is 4.79 Å². The summed E-state index contributed by atoms with van der Waals surface area (Å²) in [7, 11) is 0. The Morgan fingerprint density at radius 2 is 2.17 bits per heavy atom. The molecule has 3 rings (SSSR count). The van der Waals surface area contributed by atoms with E-state index in [1.165, 1.54) is 28.7 Å². The number of nitrogens with zero attached hydrogens (tertiary/aromatic N) is 5. The van der Waals surface area contributed by atoms with Gasteiger partial charge in [-0.2, -0.15) is 4.68 Å². The number of hydrogen-bond acceptors (Lipinski definition) is 7. The zero-order valence-electron chi connectivity index (χ0n) is 13.4. The third kappa shape index (κ3) is 3.62. The van der Waals surface area contributed by atoms with Crippen molar-refractivity contribution in [3.05, 3.63) is 40.9 Å². The Morgan fingerprint density at radius 3 is 2.88 bits per heavy atom. The molecular formula is C15H16N6OS2. The number of aryl methyl sites for hydroxylation is 2. The van der Waals surface area contributed by atoms with Crippen LogP contribution in [0, 0.1) is 13.8 Å². The smallest absolute Gasteiger partial charge is 0.239 e. The van der Waals surface area contributed by atoms with Crippen LogP contribution in [0.3, 0.4) is 0 Å². The maximum Gasteiger partial charge on any atom is 0.239 e. The summed E-state index contributed by atoms with van der Waals surface area (Å²) in [5.74, 6) is -0.135. The standard InChI is InChI=1S/C15H16N6OS2/c1-9-4-5-12(8-10(9)2)21-15(18-19-20-21)24-11(3)13(22)17-14-16-6-7-23-14/h4-8,11H,1-3H3,(H,16,17,22). The number of nitrogens with one attached hydrogen (secondary N) is 1. The second-order valence-electron chi connectivity index (χ2n) is 5.23. The summed E-state index contributed by atoms with van der Waals surface area (Å²) < 4.78 is 1.64. The van der Waals surface area contributed by atoms with E-state index in [0.717, 1.165) is 11.3 Å². The topological polar surface area (TPSA) is 85.6 Å². The second-order valence-corrected chi connectivity index (χ2v) is 7.43. The molecule has 7 nitrogen and oxygen atoms in total. The zero-order chi connectivity index (χ0) is 17.1. The van der Waals surface area contributed by atoms with Crippen molar-refractivity contribution >= 4 is 34.1 Å². The maximum atomic E-state index is 12.2. The highest BCUT2D eigenvalue weighted by molar-refractivity contribution is 8.00. The van der Waals surface area contributed by atoms with Gasteiger partial charge in [0.15, 0.2) is 5.13 Å². The molecule has 1 N–H and O–H groups in total. The van der Waals surface area contributed by atoms with Gasteiger partial charge in [-0.3, -0.25) is 4.79 Å². The van der Waals surface area contributed by atoms with Crippen molar-refractivity contribution in [2.75, 3.05) is 5.32 Å². The molecule has 124 valence electrons. The Bertz CT molecular complexity index is 846. The first-order valence-electron chi connectivity index (χ1n) is 7.27. The van der Waals surface area contributed by atoms with Crippen LogP contribution in [0.1, 0.15) is 18.1 Å². The molecule has 0 saturated heterocycles. The summed E-state index contributed by atoms with van der Waals surface area (Å²) >= 11 is 2.69. The van der Waals surface area contributed by atoms with E-state index in [4.69, 9.17) is 0 Å². The number of thiazole rings is 1. The second kappa shape index (κ2) is 7.10. The molecule has 0 aliphatic carbocycles. The van der Waals surface area contributed by atoms with Gasteiger partial charge >= 0.3 is 0 Å². The highest BCUT2D eigenvalue weighted by Crippen LogP contribution is 2.25. The van der Waals surface area contributed by atoms with Crippen LogP contribution in [0.5, 0.6) is 0 Å². The van der Waals surface area contributed by atoms with Crippen LogP contribution in [0.25, 0.3) is 5.69 Å². The Labute approximate surface area is 147 Å². The van der Waals surface area contributed by atoms with Gasteiger partial charge in [-0.05, 0) is 54.5 Å². The van der Waals surface area contributed by atoms with Crippen molar-refractivity contribution in [3.63, 3.8) is 0 Å². The molecule has 24 heavy (non-hydrogen) atoms. The molecular weight excluding hydrogens is 344 g/mol. The minimum absolute atomic E-state index is 0.135. The van der Waals surface area contributed by atoms with Gasteiger partial charge in [-0.15, -0.1) is 16.4 Å². The number of anilines is 1. The van der Waals surface area contributed by atoms with E-state index in [1.54, 1.807) is 10.9 Å². The van der Waals surface area contributed by atoms with Crippen LogP contribution >= 0.6 is 23.1 Å². The summed E-state index contributed by atoms with van der Waals surface area (Å²) in [6, 6.07) is 6.01. The molecule has 1 aromatic carbocycles. The van der Waals surface area contributed by atoms with E-state index in [9.17, 15) is 4.79 Å². The quantitative estimate of drug-likeness (QED) is 0.704. The van der Waals surface area contributed by atoms with E-state index in [2.05, 4.69) is 32.7 Å². The van der Waals surface area contributed by atoms with Crippen LogP contribution in [0.15, 0.2) is 34.9 Å². The van der Waals surface area contributed by atoms with Gasteiger partial charge in [-0.1, -0.05) is 17.8 Å². The van der Waals surface area contributed by atoms with Gasteiger partial charge in [0, 0.05) is 11.6 Å². The number of hydrogen-bond donors (Lipinski definition) is 1. The van der Waals surface area contributed by atoms with Crippen LogP contribution in [0.4, 0.5) is 5.13 Å². The lowest BCUT2D eigenvalue weighted by atomic mass is 10.1. The van der Waals surface area contributed by atoms with E-state index in [0.29, 0.717) is 10.3 Å². The fourth-order valence-electron chi connectivity index (χ4n) is 1.98. The molecule has 2 heterocycles. The summed E-state index contributed by atoms with van der Waals surface area (Å²) in [4.78, 5) is 16.3. The van der Waals surface area contributed by atoms with Crippen molar-refractivity contribution in [2.24, 2.45) is 0 Å². The normalized spacial score (nSPS) is 12.1. The van der Waals surface area contributed by atoms with Crippen LogP contribution in [0.2, 0.25) is 0 Å². The minimum atomic E-state index is -0.356. The van der Waals surface area contributed by atoms with Crippen molar-refractivity contribution in [1.29, 1.82) is 0 Å². The molecule has 9 heteroatoms. The van der Waals surface area contributed by atoms with E-state index >= 15 is 0 Å². The molecule has 1 atom stereocenters.